The SMILES string of the molecule is CC(C)(CBr)NC(=O)c1c(F)c(F)c(F)c(F)c1F. The first kappa shape index (κ1) is 15.9. The second kappa shape index (κ2) is 5.44. The summed E-state index contributed by atoms with van der Waals surface area (Å²) >= 11 is 3.04. The normalized spacial score (nSPS) is 11.6. The van der Waals surface area contributed by atoms with Crippen molar-refractivity contribution in [2.45, 2.75) is 19.4 Å². The molecule has 8 heteroatoms. The van der Waals surface area contributed by atoms with Gasteiger partial charge in [-0.2, -0.15) is 0 Å². The van der Waals surface area contributed by atoms with E-state index in [2.05, 4.69) is 21.2 Å². The highest BCUT2D eigenvalue weighted by molar-refractivity contribution is 9.09. The standard InChI is InChI=1S/C11H9BrF5NO/c1-11(2,3-12)18-10(19)4-5(13)7(15)9(17)8(16)6(4)14/h3H2,1-2H3,(H,18,19). The molecule has 0 aromatic heterocycles. The Kier molecular flexibility index (Phi) is 4.54. The van der Waals surface area contributed by atoms with Crippen molar-refractivity contribution in [2.24, 2.45) is 0 Å². The van der Waals surface area contributed by atoms with Crippen LogP contribution in [-0.2, 0) is 0 Å². The number of hydrogen-bond acceptors (Lipinski definition) is 1. The third kappa shape index (κ3) is 3.05. The van der Waals surface area contributed by atoms with Crippen LogP contribution in [0.25, 0.3) is 0 Å². The van der Waals surface area contributed by atoms with Gasteiger partial charge in [0, 0.05) is 10.9 Å². The molecule has 1 rings (SSSR count). The molecule has 1 N–H and O–H groups in total. The van der Waals surface area contributed by atoms with Crippen molar-refractivity contribution in [1.29, 1.82) is 0 Å². The van der Waals surface area contributed by atoms with Gasteiger partial charge in [-0.15, -0.1) is 0 Å². The predicted molar refractivity (Wildman–Crippen MR) is 61.6 cm³/mol. The quantitative estimate of drug-likeness (QED) is 0.387. The van der Waals surface area contributed by atoms with Gasteiger partial charge in [-0.3, -0.25) is 4.79 Å². The molecule has 0 heterocycles. The fourth-order valence-electron chi connectivity index (χ4n) is 1.21. The van der Waals surface area contributed by atoms with Crippen LogP contribution in [0.3, 0.4) is 0 Å². The van der Waals surface area contributed by atoms with Crippen LogP contribution in [0.15, 0.2) is 0 Å². The van der Waals surface area contributed by atoms with Crippen LogP contribution in [0.5, 0.6) is 0 Å². The van der Waals surface area contributed by atoms with E-state index in [0.29, 0.717) is 0 Å². The molecule has 0 aliphatic heterocycles. The van der Waals surface area contributed by atoms with Gasteiger partial charge in [-0.05, 0) is 13.8 Å². The van der Waals surface area contributed by atoms with Crippen molar-refractivity contribution in [3.63, 3.8) is 0 Å². The van der Waals surface area contributed by atoms with Crippen LogP contribution in [0.2, 0.25) is 0 Å². The topological polar surface area (TPSA) is 29.1 Å². The Bertz CT molecular complexity index is 503. The highest BCUT2D eigenvalue weighted by Crippen LogP contribution is 2.23. The van der Waals surface area contributed by atoms with Crippen molar-refractivity contribution in [2.75, 3.05) is 5.33 Å². The van der Waals surface area contributed by atoms with Crippen molar-refractivity contribution < 1.29 is 26.7 Å². The van der Waals surface area contributed by atoms with Crippen molar-refractivity contribution in [3.8, 4) is 0 Å². The summed E-state index contributed by atoms with van der Waals surface area (Å²) in [6, 6.07) is 0. The average Bonchev–Trinajstić information content (AvgIpc) is 2.33. The zero-order valence-corrected chi connectivity index (χ0v) is 11.5. The number of alkyl halides is 1. The van der Waals surface area contributed by atoms with Gasteiger partial charge in [0.2, 0.25) is 5.82 Å². The van der Waals surface area contributed by atoms with Crippen LogP contribution in [0.1, 0.15) is 24.2 Å². The van der Waals surface area contributed by atoms with Crippen molar-refractivity contribution in [3.05, 3.63) is 34.6 Å². The lowest BCUT2D eigenvalue weighted by molar-refractivity contribution is 0.0909. The van der Waals surface area contributed by atoms with E-state index in [1.807, 2.05) is 0 Å². The van der Waals surface area contributed by atoms with Gasteiger partial charge >= 0.3 is 0 Å². The van der Waals surface area contributed by atoms with Gasteiger partial charge in [-0.1, -0.05) is 15.9 Å². The highest BCUT2D eigenvalue weighted by Gasteiger charge is 2.31. The first-order valence-corrected chi connectivity index (χ1v) is 6.14. The van der Waals surface area contributed by atoms with E-state index in [-0.39, 0.29) is 5.33 Å². The average molecular weight is 346 g/mol. The Hall–Kier alpha value is -1.18. The van der Waals surface area contributed by atoms with E-state index in [1.54, 1.807) is 0 Å². The van der Waals surface area contributed by atoms with E-state index in [1.165, 1.54) is 13.8 Å². The van der Waals surface area contributed by atoms with Crippen LogP contribution < -0.4 is 5.32 Å². The number of carbonyl (C=O) groups is 1. The van der Waals surface area contributed by atoms with Gasteiger partial charge < -0.3 is 5.32 Å². The number of nitrogens with one attached hydrogen (secondary N) is 1. The molecule has 0 saturated carbocycles. The second-order valence-electron chi connectivity index (χ2n) is 4.42. The Labute approximate surface area is 114 Å². The Morgan fingerprint density at radius 1 is 1.00 bits per heavy atom. The number of amides is 1. The number of carbonyl (C=O) groups excluding carboxylic acids is 1. The number of halogens is 6. The summed E-state index contributed by atoms with van der Waals surface area (Å²) < 4.78 is 65.3. The largest absolute Gasteiger partial charge is 0.346 e. The molecular weight excluding hydrogens is 337 g/mol. The summed E-state index contributed by atoms with van der Waals surface area (Å²) in [4.78, 5) is 11.6. The zero-order chi connectivity index (χ0) is 15.0. The summed E-state index contributed by atoms with van der Waals surface area (Å²) in [7, 11) is 0. The molecule has 0 radical (unpaired) electrons. The molecule has 0 spiro atoms. The summed E-state index contributed by atoms with van der Waals surface area (Å²) in [6.45, 7) is 3.01. The minimum Gasteiger partial charge on any atom is -0.346 e. The second-order valence-corrected chi connectivity index (χ2v) is 4.98. The van der Waals surface area contributed by atoms with Crippen LogP contribution in [-0.4, -0.2) is 16.8 Å². The first-order valence-electron chi connectivity index (χ1n) is 5.02. The molecule has 2 nitrogen and oxygen atoms in total. The monoisotopic (exact) mass is 345 g/mol. The lowest BCUT2D eigenvalue weighted by Crippen LogP contribution is -2.45. The minimum atomic E-state index is -2.30. The lowest BCUT2D eigenvalue weighted by atomic mass is 10.1. The molecule has 1 amide bonds. The maximum absolute atomic E-state index is 13.3. The number of benzene rings is 1. The van der Waals surface area contributed by atoms with E-state index < -0.39 is 46.1 Å². The fourth-order valence-corrected chi connectivity index (χ4v) is 1.35. The predicted octanol–water partition coefficient (Wildman–Crippen LogP) is 3.29. The van der Waals surface area contributed by atoms with Crippen LogP contribution in [0, 0.1) is 29.1 Å². The third-order valence-corrected chi connectivity index (χ3v) is 3.62. The van der Waals surface area contributed by atoms with Crippen LogP contribution >= 0.6 is 15.9 Å². The molecule has 0 bridgehead atoms. The Morgan fingerprint density at radius 2 is 1.37 bits per heavy atom. The van der Waals surface area contributed by atoms with Gasteiger partial charge in [-0.25, -0.2) is 22.0 Å². The smallest absolute Gasteiger partial charge is 0.257 e. The number of hydrogen-bond donors (Lipinski definition) is 1. The molecule has 0 unspecified atom stereocenters. The molecule has 0 aliphatic rings. The third-order valence-electron chi connectivity index (χ3n) is 2.22. The highest BCUT2D eigenvalue weighted by atomic mass is 79.9. The van der Waals surface area contributed by atoms with Gasteiger partial charge in [0.25, 0.3) is 5.91 Å². The molecule has 19 heavy (non-hydrogen) atoms. The molecule has 1 aromatic rings. The maximum Gasteiger partial charge on any atom is 0.257 e. The summed E-state index contributed by atoms with van der Waals surface area (Å²) in [5.74, 6) is -12.3. The van der Waals surface area contributed by atoms with Gasteiger partial charge in [0.1, 0.15) is 5.56 Å². The van der Waals surface area contributed by atoms with Gasteiger partial charge in [0.05, 0.1) is 0 Å². The van der Waals surface area contributed by atoms with E-state index in [9.17, 15) is 26.7 Å². The molecule has 0 atom stereocenters. The molecule has 0 aliphatic carbocycles. The molecule has 1 aromatic carbocycles. The Morgan fingerprint density at radius 3 is 1.74 bits per heavy atom. The summed E-state index contributed by atoms with van der Waals surface area (Å²) in [5.41, 5.74) is -2.41. The molecule has 106 valence electrons. The molecule has 0 saturated heterocycles. The van der Waals surface area contributed by atoms with E-state index in [0.717, 1.165) is 0 Å². The van der Waals surface area contributed by atoms with E-state index >= 15 is 0 Å². The van der Waals surface area contributed by atoms with Crippen molar-refractivity contribution in [1.82, 2.24) is 5.32 Å². The maximum atomic E-state index is 13.3. The summed E-state index contributed by atoms with van der Waals surface area (Å²) in [5, 5.41) is 2.38. The van der Waals surface area contributed by atoms with Crippen LogP contribution in [0.4, 0.5) is 22.0 Å². The minimum absolute atomic E-state index is 0.223. The summed E-state index contributed by atoms with van der Waals surface area (Å²) in [6.07, 6.45) is 0. The zero-order valence-electron chi connectivity index (χ0n) is 9.88. The van der Waals surface area contributed by atoms with Gasteiger partial charge in [0.15, 0.2) is 23.3 Å². The molecule has 0 fully saturated rings. The fraction of sp³-hybridized carbons (Fsp3) is 0.364. The molecular formula is C11H9BrF5NO. The van der Waals surface area contributed by atoms with E-state index in [4.69, 9.17) is 0 Å². The Balaban J connectivity index is 3.33. The lowest BCUT2D eigenvalue weighted by Gasteiger charge is -2.23. The van der Waals surface area contributed by atoms with Crippen molar-refractivity contribution >= 4 is 21.8 Å². The number of rotatable bonds is 3. The first-order chi connectivity index (χ1) is 8.62.